The number of benzene rings is 3. The summed E-state index contributed by atoms with van der Waals surface area (Å²) in [5.74, 6) is -1.04. The Morgan fingerprint density at radius 1 is 0.889 bits per heavy atom. The molecule has 1 saturated carbocycles. The molecular formula is C43H55FN4O6. The van der Waals surface area contributed by atoms with E-state index in [9.17, 15) is 23.6 Å². The lowest BCUT2D eigenvalue weighted by molar-refractivity contribution is -0.182. The molecule has 0 bridgehead atoms. The number of halogens is 1. The minimum atomic E-state index is -0.834. The van der Waals surface area contributed by atoms with Crippen molar-refractivity contribution in [2.75, 3.05) is 19.6 Å². The van der Waals surface area contributed by atoms with Gasteiger partial charge in [0, 0.05) is 13.1 Å². The number of carbonyl (C=O) groups excluding carboxylic acids is 4. The van der Waals surface area contributed by atoms with Crippen LogP contribution in [0.1, 0.15) is 82.4 Å². The Hall–Kier alpha value is -4.77. The predicted octanol–water partition coefficient (Wildman–Crippen LogP) is 6.97. The maximum absolute atomic E-state index is 14.3. The minimum absolute atomic E-state index is 0.0748. The van der Waals surface area contributed by atoms with Crippen LogP contribution in [0.2, 0.25) is 0 Å². The number of amides is 4. The molecule has 10 nitrogen and oxygen atoms in total. The number of rotatable bonds is 16. The van der Waals surface area contributed by atoms with Gasteiger partial charge in [0.1, 0.15) is 25.1 Å². The van der Waals surface area contributed by atoms with Gasteiger partial charge >= 0.3 is 6.09 Å². The zero-order chi connectivity index (χ0) is 38.6. The molecule has 1 aliphatic carbocycles. The third-order valence-electron chi connectivity index (χ3n) is 10.7. The van der Waals surface area contributed by atoms with Gasteiger partial charge in [0.15, 0.2) is 0 Å². The van der Waals surface area contributed by atoms with Crippen molar-refractivity contribution in [2.45, 2.75) is 96.9 Å². The number of hydrogen-bond acceptors (Lipinski definition) is 6. The Kier molecular flexibility index (Phi) is 14.2. The summed E-state index contributed by atoms with van der Waals surface area (Å²) in [7, 11) is 0. The second kappa shape index (κ2) is 19.0. The zero-order valence-corrected chi connectivity index (χ0v) is 31.8. The van der Waals surface area contributed by atoms with Crippen LogP contribution in [0.3, 0.4) is 0 Å². The van der Waals surface area contributed by atoms with Gasteiger partial charge in [-0.25, -0.2) is 14.2 Å². The summed E-state index contributed by atoms with van der Waals surface area (Å²) < 4.78 is 19.4. The average Bonchev–Trinajstić information content (AvgIpc) is 3.69. The van der Waals surface area contributed by atoms with Crippen molar-refractivity contribution < 1.29 is 33.1 Å². The lowest BCUT2D eigenvalue weighted by Gasteiger charge is -2.44. The standard InChI is InChI=1S/C43H55FN4O6/c1-42(2,3)38(45-39(50)36(26-32-12-10-11-13-32)28-48(31-49)54-30-35-16-8-5-9-17-35)40(51)47-24-22-43(23-25-47,27-33-18-20-37(44)21-19-33)46-41(52)53-29-34-14-6-4-7-15-34/h4-9,14-21,31-32,36,38H,10-13,22-30H2,1-3H3,(H,45,50)(H,46,52)/t36-,38-/m1/s1. The summed E-state index contributed by atoms with van der Waals surface area (Å²) in [6.45, 7) is 6.82. The first-order valence-electron chi connectivity index (χ1n) is 19.1. The fourth-order valence-corrected chi connectivity index (χ4v) is 7.55. The van der Waals surface area contributed by atoms with Gasteiger partial charge in [-0.2, -0.15) is 0 Å². The highest BCUT2D eigenvalue weighted by molar-refractivity contribution is 5.89. The van der Waals surface area contributed by atoms with E-state index in [0.29, 0.717) is 51.1 Å². The summed E-state index contributed by atoms with van der Waals surface area (Å²) >= 11 is 0. The van der Waals surface area contributed by atoms with Gasteiger partial charge in [-0.05, 0) is 65.8 Å². The van der Waals surface area contributed by atoms with Gasteiger partial charge in [-0.1, -0.05) is 119 Å². The summed E-state index contributed by atoms with van der Waals surface area (Å²) in [5, 5.41) is 7.41. The van der Waals surface area contributed by atoms with Crippen LogP contribution in [0.4, 0.5) is 9.18 Å². The average molecular weight is 743 g/mol. The van der Waals surface area contributed by atoms with Crippen molar-refractivity contribution in [2.24, 2.45) is 17.3 Å². The maximum Gasteiger partial charge on any atom is 0.407 e. The molecule has 2 atom stereocenters. The third-order valence-corrected chi connectivity index (χ3v) is 10.7. The van der Waals surface area contributed by atoms with E-state index in [1.54, 1.807) is 17.0 Å². The largest absolute Gasteiger partial charge is 0.445 e. The highest BCUT2D eigenvalue weighted by Gasteiger charge is 2.42. The number of hydroxylamine groups is 2. The maximum atomic E-state index is 14.3. The fourth-order valence-electron chi connectivity index (χ4n) is 7.55. The number of nitrogens with zero attached hydrogens (tertiary/aromatic N) is 2. The summed E-state index contributed by atoms with van der Waals surface area (Å²) in [5.41, 5.74) is 1.25. The lowest BCUT2D eigenvalue weighted by Crippen LogP contribution is -2.61. The van der Waals surface area contributed by atoms with Gasteiger partial charge in [0.2, 0.25) is 18.2 Å². The van der Waals surface area contributed by atoms with Crippen molar-refractivity contribution in [1.29, 1.82) is 0 Å². The number of hydrogen-bond donors (Lipinski definition) is 2. The van der Waals surface area contributed by atoms with E-state index in [0.717, 1.165) is 42.4 Å². The Bertz CT molecular complexity index is 1650. The summed E-state index contributed by atoms with van der Waals surface area (Å²) in [6, 6.07) is 24.3. The SMILES string of the molecule is CC(C)(C)[C@H](NC(=O)[C@H](CC1CCCC1)CN(C=O)OCc1ccccc1)C(=O)N1CCC(Cc2ccc(F)cc2)(NC(=O)OCc2ccccc2)CC1. The molecule has 5 rings (SSSR count). The Morgan fingerprint density at radius 2 is 1.48 bits per heavy atom. The number of nitrogens with one attached hydrogen (secondary N) is 2. The molecule has 290 valence electrons. The van der Waals surface area contributed by atoms with Gasteiger partial charge in [0.25, 0.3) is 0 Å². The van der Waals surface area contributed by atoms with E-state index in [1.165, 1.54) is 17.2 Å². The van der Waals surface area contributed by atoms with Crippen LogP contribution in [-0.4, -0.2) is 65.5 Å². The number of likely N-dealkylation sites (tertiary alicyclic amines) is 1. The lowest BCUT2D eigenvalue weighted by atomic mass is 9.80. The Morgan fingerprint density at radius 3 is 2.06 bits per heavy atom. The van der Waals surface area contributed by atoms with Crippen LogP contribution >= 0.6 is 0 Å². The number of alkyl carbamates (subject to hydrolysis) is 1. The molecule has 0 aromatic heterocycles. The number of carbonyl (C=O) groups is 4. The van der Waals surface area contributed by atoms with Gasteiger partial charge in [-0.15, -0.1) is 0 Å². The van der Waals surface area contributed by atoms with Crippen LogP contribution in [0.5, 0.6) is 0 Å². The highest BCUT2D eigenvalue weighted by Crippen LogP contribution is 2.33. The molecule has 2 aliphatic rings. The number of ether oxygens (including phenoxy) is 1. The van der Waals surface area contributed by atoms with Crippen LogP contribution in [0, 0.1) is 23.1 Å². The minimum Gasteiger partial charge on any atom is -0.445 e. The molecule has 11 heteroatoms. The van der Waals surface area contributed by atoms with Crippen molar-refractivity contribution >= 4 is 24.3 Å². The Balaban J connectivity index is 1.26. The van der Waals surface area contributed by atoms with Gasteiger partial charge in [-0.3, -0.25) is 19.2 Å². The first kappa shape index (κ1) is 40.4. The third kappa shape index (κ3) is 11.9. The molecule has 3 aromatic carbocycles. The van der Waals surface area contributed by atoms with E-state index in [4.69, 9.17) is 9.57 Å². The van der Waals surface area contributed by atoms with Crippen LogP contribution in [0.25, 0.3) is 0 Å². The molecule has 0 spiro atoms. The van der Waals surface area contributed by atoms with E-state index in [1.807, 2.05) is 81.4 Å². The van der Waals surface area contributed by atoms with Crippen molar-refractivity contribution in [3.8, 4) is 0 Å². The van der Waals surface area contributed by atoms with Crippen LogP contribution in [-0.2, 0) is 43.6 Å². The topological polar surface area (TPSA) is 117 Å². The molecular weight excluding hydrogens is 687 g/mol. The first-order valence-corrected chi connectivity index (χ1v) is 19.1. The predicted molar refractivity (Wildman–Crippen MR) is 204 cm³/mol. The van der Waals surface area contributed by atoms with Crippen molar-refractivity contribution in [3.05, 3.63) is 107 Å². The molecule has 4 amide bonds. The van der Waals surface area contributed by atoms with Crippen molar-refractivity contribution in [3.63, 3.8) is 0 Å². The monoisotopic (exact) mass is 742 g/mol. The second-order valence-corrected chi connectivity index (χ2v) is 16.0. The highest BCUT2D eigenvalue weighted by atomic mass is 19.1. The molecule has 0 radical (unpaired) electrons. The van der Waals surface area contributed by atoms with E-state index in [-0.39, 0.29) is 37.4 Å². The van der Waals surface area contributed by atoms with Gasteiger partial charge in [0.05, 0.1) is 18.0 Å². The van der Waals surface area contributed by atoms with E-state index in [2.05, 4.69) is 10.6 Å². The summed E-state index contributed by atoms with van der Waals surface area (Å²) in [4.78, 5) is 61.3. The molecule has 1 saturated heterocycles. The smallest absolute Gasteiger partial charge is 0.407 e. The second-order valence-electron chi connectivity index (χ2n) is 16.0. The van der Waals surface area contributed by atoms with Gasteiger partial charge < -0.3 is 20.3 Å². The quantitative estimate of drug-likeness (QED) is 0.121. The zero-order valence-electron chi connectivity index (χ0n) is 31.8. The fraction of sp³-hybridized carbons (Fsp3) is 0.488. The van der Waals surface area contributed by atoms with E-state index >= 15 is 0 Å². The molecule has 3 aromatic rings. The molecule has 1 heterocycles. The normalized spacial score (nSPS) is 16.9. The summed E-state index contributed by atoms with van der Waals surface area (Å²) in [6.07, 6.45) is 6.21. The van der Waals surface area contributed by atoms with Crippen LogP contribution < -0.4 is 10.6 Å². The van der Waals surface area contributed by atoms with E-state index < -0.39 is 29.0 Å². The molecule has 2 fully saturated rings. The van der Waals surface area contributed by atoms with Crippen molar-refractivity contribution in [1.82, 2.24) is 20.6 Å². The van der Waals surface area contributed by atoms with Crippen LogP contribution in [0.15, 0.2) is 84.9 Å². The Labute approximate surface area is 318 Å². The first-order chi connectivity index (χ1) is 25.9. The molecule has 54 heavy (non-hydrogen) atoms. The number of piperidine rings is 1. The molecule has 2 N–H and O–H groups in total. The molecule has 0 unspecified atom stereocenters. The molecule has 1 aliphatic heterocycles.